The molecule has 20 heavy (non-hydrogen) atoms. The smallest absolute Gasteiger partial charge is 0.258 e. The Morgan fingerprint density at radius 3 is 2.70 bits per heavy atom. The number of rotatable bonds is 1. The molecule has 102 valence electrons. The lowest BCUT2D eigenvalue weighted by Gasteiger charge is -2.17. The highest BCUT2D eigenvalue weighted by atomic mass is 16.3. The summed E-state index contributed by atoms with van der Waals surface area (Å²) < 4.78 is 0. The van der Waals surface area contributed by atoms with Crippen LogP contribution in [0.2, 0.25) is 0 Å². The number of fused-ring (bicyclic) bond motifs is 1. The van der Waals surface area contributed by atoms with Crippen molar-refractivity contribution in [1.82, 2.24) is 0 Å². The van der Waals surface area contributed by atoms with E-state index in [1.165, 1.54) is 18.2 Å². The molecule has 2 aromatic carbocycles. The minimum Gasteiger partial charge on any atom is -0.504 e. The first-order valence-electron chi connectivity index (χ1n) is 6.29. The van der Waals surface area contributed by atoms with Gasteiger partial charge in [0.15, 0.2) is 11.5 Å². The lowest BCUT2D eigenvalue weighted by molar-refractivity contribution is 0.0989. The number of amides is 1. The number of carbonyl (C=O) groups is 1. The first-order chi connectivity index (χ1) is 9.58. The van der Waals surface area contributed by atoms with E-state index in [-0.39, 0.29) is 17.4 Å². The number of carbonyl (C=O) groups excluding carboxylic acids is 1. The van der Waals surface area contributed by atoms with Crippen LogP contribution in [0.25, 0.3) is 0 Å². The van der Waals surface area contributed by atoms with Crippen LogP contribution in [0.4, 0.5) is 11.4 Å². The van der Waals surface area contributed by atoms with Crippen LogP contribution in [-0.2, 0) is 6.42 Å². The molecule has 0 bridgehead atoms. The summed E-state index contributed by atoms with van der Waals surface area (Å²) in [4.78, 5) is 14.1. The summed E-state index contributed by atoms with van der Waals surface area (Å²) in [6, 6.07) is 9.55. The zero-order chi connectivity index (χ0) is 14.3. The van der Waals surface area contributed by atoms with Crippen molar-refractivity contribution in [3.63, 3.8) is 0 Å². The van der Waals surface area contributed by atoms with Gasteiger partial charge < -0.3 is 20.8 Å². The van der Waals surface area contributed by atoms with E-state index < -0.39 is 0 Å². The number of hydrogen-bond donors (Lipinski definition) is 3. The largest absolute Gasteiger partial charge is 0.504 e. The lowest BCUT2D eigenvalue weighted by Crippen LogP contribution is -2.28. The Balaban J connectivity index is 1.97. The third-order valence-electron chi connectivity index (χ3n) is 3.53. The third-order valence-corrected chi connectivity index (χ3v) is 3.53. The number of phenols is 2. The minimum absolute atomic E-state index is 0.218. The van der Waals surface area contributed by atoms with Gasteiger partial charge in [-0.3, -0.25) is 4.79 Å². The van der Waals surface area contributed by atoms with Gasteiger partial charge in [0.2, 0.25) is 0 Å². The van der Waals surface area contributed by atoms with Gasteiger partial charge in [0.1, 0.15) is 0 Å². The molecule has 0 saturated carbocycles. The monoisotopic (exact) mass is 270 g/mol. The SMILES string of the molecule is Nc1cccc2c1CCN2C(=O)c1ccc(O)c(O)c1. The topological polar surface area (TPSA) is 86.8 Å². The van der Waals surface area contributed by atoms with Gasteiger partial charge in [-0.1, -0.05) is 6.07 Å². The van der Waals surface area contributed by atoms with Crippen molar-refractivity contribution in [3.05, 3.63) is 47.5 Å². The van der Waals surface area contributed by atoms with Crippen LogP contribution in [-0.4, -0.2) is 22.7 Å². The Morgan fingerprint density at radius 1 is 1.15 bits per heavy atom. The number of hydrogen-bond acceptors (Lipinski definition) is 4. The van der Waals surface area contributed by atoms with Crippen molar-refractivity contribution in [2.75, 3.05) is 17.2 Å². The lowest BCUT2D eigenvalue weighted by atomic mass is 10.1. The van der Waals surface area contributed by atoms with Crippen LogP contribution in [0, 0.1) is 0 Å². The van der Waals surface area contributed by atoms with Crippen LogP contribution in [0.3, 0.4) is 0 Å². The highest BCUT2D eigenvalue weighted by Gasteiger charge is 2.27. The van der Waals surface area contributed by atoms with Crippen LogP contribution in [0.5, 0.6) is 11.5 Å². The number of nitrogens with two attached hydrogens (primary N) is 1. The highest BCUT2D eigenvalue weighted by molar-refractivity contribution is 6.08. The molecule has 2 aromatic rings. The van der Waals surface area contributed by atoms with Crippen molar-refractivity contribution in [3.8, 4) is 11.5 Å². The molecular formula is C15H14N2O3. The van der Waals surface area contributed by atoms with E-state index in [1.807, 2.05) is 18.2 Å². The van der Waals surface area contributed by atoms with Crippen molar-refractivity contribution < 1.29 is 15.0 Å². The summed E-state index contributed by atoms with van der Waals surface area (Å²) in [6.45, 7) is 0.560. The van der Waals surface area contributed by atoms with Crippen LogP contribution >= 0.6 is 0 Å². The second kappa shape index (κ2) is 4.45. The van der Waals surface area contributed by atoms with Crippen LogP contribution in [0.1, 0.15) is 15.9 Å². The normalized spacial score (nSPS) is 13.3. The zero-order valence-corrected chi connectivity index (χ0v) is 10.7. The second-order valence-corrected chi connectivity index (χ2v) is 4.76. The summed E-state index contributed by atoms with van der Waals surface area (Å²) in [5.74, 6) is -0.764. The molecule has 3 rings (SSSR count). The molecule has 1 aliphatic heterocycles. The number of nitrogen functional groups attached to an aromatic ring is 1. The van der Waals surface area contributed by atoms with Gasteiger partial charge in [0.25, 0.3) is 5.91 Å². The molecule has 5 nitrogen and oxygen atoms in total. The van der Waals surface area contributed by atoms with Gasteiger partial charge in [0, 0.05) is 29.0 Å². The highest BCUT2D eigenvalue weighted by Crippen LogP contribution is 2.34. The number of nitrogens with zero attached hydrogens (tertiary/aromatic N) is 1. The molecule has 0 spiro atoms. The molecule has 0 saturated heterocycles. The molecule has 0 atom stereocenters. The van der Waals surface area contributed by atoms with Crippen LogP contribution in [0.15, 0.2) is 36.4 Å². The van der Waals surface area contributed by atoms with E-state index in [9.17, 15) is 15.0 Å². The molecule has 5 heteroatoms. The molecule has 4 N–H and O–H groups in total. The van der Waals surface area contributed by atoms with Gasteiger partial charge in [-0.2, -0.15) is 0 Å². The number of phenolic OH excluding ortho intramolecular Hbond substituents is 2. The van der Waals surface area contributed by atoms with E-state index >= 15 is 0 Å². The minimum atomic E-state index is -0.303. The molecule has 1 aliphatic rings. The Kier molecular flexibility index (Phi) is 2.75. The second-order valence-electron chi connectivity index (χ2n) is 4.76. The van der Waals surface area contributed by atoms with Gasteiger partial charge >= 0.3 is 0 Å². The zero-order valence-electron chi connectivity index (χ0n) is 10.7. The maximum Gasteiger partial charge on any atom is 0.258 e. The fourth-order valence-corrected chi connectivity index (χ4v) is 2.48. The van der Waals surface area contributed by atoms with E-state index in [0.29, 0.717) is 17.8 Å². The predicted molar refractivity (Wildman–Crippen MR) is 76.0 cm³/mol. The fraction of sp³-hybridized carbons (Fsp3) is 0.133. The average Bonchev–Trinajstić information content (AvgIpc) is 2.86. The van der Waals surface area contributed by atoms with Crippen LogP contribution < -0.4 is 10.6 Å². The molecule has 0 fully saturated rings. The fourth-order valence-electron chi connectivity index (χ4n) is 2.48. The molecule has 1 amide bonds. The maximum absolute atomic E-state index is 12.5. The van der Waals surface area contributed by atoms with Gasteiger partial charge in [-0.05, 0) is 36.8 Å². The molecule has 1 heterocycles. The molecular weight excluding hydrogens is 256 g/mol. The number of anilines is 2. The predicted octanol–water partition coefficient (Wildman–Crippen LogP) is 1.88. The summed E-state index contributed by atoms with van der Waals surface area (Å²) in [7, 11) is 0. The summed E-state index contributed by atoms with van der Waals surface area (Å²) >= 11 is 0. The van der Waals surface area contributed by atoms with Crippen molar-refractivity contribution >= 4 is 17.3 Å². The maximum atomic E-state index is 12.5. The molecule has 0 radical (unpaired) electrons. The first-order valence-corrected chi connectivity index (χ1v) is 6.29. The molecule has 0 unspecified atom stereocenters. The Bertz CT molecular complexity index is 698. The number of benzene rings is 2. The number of aromatic hydroxyl groups is 2. The van der Waals surface area contributed by atoms with Crippen molar-refractivity contribution in [2.45, 2.75) is 6.42 Å². The van der Waals surface area contributed by atoms with E-state index in [0.717, 1.165) is 17.7 Å². The Labute approximate surface area is 115 Å². The Morgan fingerprint density at radius 2 is 1.95 bits per heavy atom. The summed E-state index contributed by atoms with van der Waals surface area (Å²) in [5, 5.41) is 18.8. The Hall–Kier alpha value is -2.69. The van der Waals surface area contributed by atoms with Gasteiger partial charge in [0.05, 0.1) is 0 Å². The first kappa shape index (κ1) is 12.3. The van der Waals surface area contributed by atoms with Crippen molar-refractivity contribution in [1.29, 1.82) is 0 Å². The van der Waals surface area contributed by atoms with E-state index in [2.05, 4.69) is 0 Å². The standard InChI is InChI=1S/C15H14N2O3/c16-11-2-1-3-12-10(11)6-7-17(12)15(20)9-4-5-13(18)14(19)8-9/h1-5,8,18-19H,6-7,16H2. The van der Waals surface area contributed by atoms with Gasteiger partial charge in [-0.25, -0.2) is 0 Å². The third kappa shape index (κ3) is 1.84. The van der Waals surface area contributed by atoms with E-state index in [1.54, 1.807) is 4.90 Å². The summed E-state index contributed by atoms with van der Waals surface area (Å²) in [5.41, 5.74) is 8.71. The van der Waals surface area contributed by atoms with E-state index in [4.69, 9.17) is 5.73 Å². The quantitative estimate of drug-likeness (QED) is 0.545. The summed E-state index contributed by atoms with van der Waals surface area (Å²) in [6.07, 6.45) is 0.720. The molecule has 0 aromatic heterocycles. The van der Waals surface area contributed by atoms with Gasteiger partial charge in [-0.15, -0.1) is 0 Å². The average molecular weight is 270 g/mol. The van der Waals surface area contributed by atoms with Crippen molar-refractivity contribution in [2.24, 2.45) is 0 Å². The molecule has 0 aliphatic carbocycles.